The number of nitrogens with one attached hydrogen (secondary N) is 1. The first-order chi connectivity index (χ1) is 11.0. The number of pyridine rings is 1. The molecule has 0 bridgehead atoms. The predicted molar refractivity (Wildman–Crippen MR) is 81.5 cm³/mol. The summed E-state index contributed by atoms with van der Waals surface area (Å²) in [6.07, 6.45) is 2.89. The third-order valence-electron chi connectivity index (χ3n) is 4.54. The van der Waals surface area contributed by atoms with Gasteiger partial charge < -0.3 is 5.32 Å². The Labute approximate surface area is 133 Å². The van der Waals surface area contributed by atoms with Crippen LogP contribution < -0.4 is 5.32 Å². The largest absolute Gasteiger partial charge is 0.361 e. The summed E-state index contributed by atoms with van der Waals surface area (Å²) in [6, 6.07) is 5.17. The molecule has 7 heteroatoms. The van der Waals surface area contributed by atoms with E-state index in [1.165, 1.54) is 6.20 Å². The van der Waals surface area contributed by atoms with Crippen LogP contribution in [0.2, 0.25) is 0 Å². The molecule has 0 radical (unpaired) electrons. The number of nitrogens with zero attached hydrogens (tertiary/aromatic N) is 2. The average Bonchev–Trinajstić information content (AvgIpc) is 3.06. The topological polar surface area (TPSA) is 99.9 Å². The summed E-state index contributed by atoms with van der Waals surface area (Å²) < 4.78 is 25.0. The number of allylic oxidation sites excluding steroid dienone is 4. The molecule has 3 heterocycles. The van der Waals surface area contributed by atoms with E-state index < -0.39 is 15.8 Å². The lowest BCUT2D eigenvalue weighted by Gasteiger charge is -2.26. The molecule has 4 rings (SSSR count). The molecule has 1 unspecified atom stereocenters. The van der Waals surface area contributed by atoms with E-state index in [0.717, 1.165) is 5.70 Å². The normalized spacial score (nSPS) is 25.0. The molecular formula is C16H13N3O3S. The minimum absolute atomic E-state index is 0.0460. The fourth-order valence-corrected chi connectivity index (χ4v) is 5.37. The number of hydrogen-bond donors (Lipinski definition) is 1. The molecule has 6 nitrogen and oxygen atoms in total. The molecule has 1 aromatic heterocycles. The van der Waals surface area contributed by atoms with Crippen LogP contribution in [0.1, 0.15) is 36.4 Å². The van der Waals surface area contributed by atoms with Crippen LogP contribution in [-0.4, -0.2) is 24.9 Å². The van der Waals surface area contributed by atoms with Gasteiger partial charge in [-0.2, -0.15) is 5.26 Å². The van der Waals surface area contributed by atoms with Gasteiger partial charge in [-0.25, -0.2) is 8.42 Å². The Balaban J connectivity index is 1.96. The van der Waals surface area contributed by atoms with Crippen LogP contribution >= 0.6 is 0 Å². The van der Waals surface area contributed by atoms with Crippen molar-refractivity contribution < 1.29 is 13.2 Å². The number of aromatic nitrogens is 1. The van der Waals surface area contributed by atoms with Gasteiger partial charge in [0.25, 0.3) is 0 Å². The van der Waals surface area contributed by atoms with Gasteiger partial charge in [0.15, 0.2) is 15.6 Å². The summed E-state index contributed by atoms with van der Waals surface area (Å²) in [6.45, 7) is 0. The molecule has 1 atom stereocenters. The van der Waals surface area contributed by atoms with Gasteiger partial charge >= 0.3 is 0 Å². The first-order valence-electron chi connectivity index (χ1n) is 7.36. The molecule has 0 saturated carbocycles. The second-order valence-corrected chi connectivity index (χ2v) is 7.94. The van der Waals surface area contributed by atoms with E-state index in [2.05, 4.69) is 10.3 Å². The first-order valence-corrected chi connectivity index (χ1v) is 9.01. The number of rotatable bonds is 1. The highest BCUT2D eigenvalue weighted by Crippen LogP contribution is 2.47. The molecule has 0 saturated heterocycles. The van der Waals surface area contributed by atoms with Gasteiger partial charge in [0.2, 0.25) is 0 Å². The van der Waals surface area contributed by atoms with Gasteiger partial charge in [0.05, 0.1) is 33.9 Å². The predicted octanol–water partition coefficient (Wildman–Crippen LogP) is 1.29. The number of carbonyl (C=O) groups excluding carboxylic acids is 1. The maximum Gasteiger partial charge on any atom is 0.177 e. The molecule has 3 aliphatic rings. The van der Waals surface area contributed by atoms with Crippen molar-refractivity contribution in [1.29, 1.82) is 5.26 Å². The van der Waals surface area contributed by atoms with Crippen LogP contribution in [0.5, 0.6) is 0 Å². The van der Waals surface area contributed by atoms with Gasteiger partial charge in [0.1, 0.15) is 0 Å². The Morgan fingerprint density at radius 3 is 2.87 bits per heavy atom. The molecule has 23 heavy (non-hydrogen) atoms. The number of sulfone groups is 1. The van der Waals surface area contributed by atoms with Crippen molar-refractivity contribution in [2.45, 2.75) is 25.2 Å². The smallest absolute Gasteiger partial charge is 0.177 e. The van der Waals surface area contributed by atoms with Crippen molar-refractivity contribution in [3.05, 3.63) is 51.5 Å². The third-order valence-corrected chi connectivity index (χ3v) is 6.43. The first kappa shape index (κ1) is 14.2. The van der Waals surface area contributed by atoms with E-state index in [4.69, 9.17) is 5.26 Å². The quantitative estimate of drug-likeness (QED) is 0.834. The van der Waals surface area contributed by atoms with Crippen molar-refractivity contribution in [2.75, 3.05) is 5.75 Å². The highest BCUT2D eigenvalue weighted by Gasteiger charge is 2.46. The molecule has 0 fully saturated rings. The Morgan fingerprint density at radius 2 is 2.09 bits per heavy atom. The summed E-state index contributed by atoms with van der Waals surface area (Å²) in [7, 11) is -3.42. The minimum atomic E-state index is -3.42. The Hall–Kier alpha value is -2.46. The maximum absolute atomic E-state index is 12.5. The molecule has 116 valence electrons. The highest BCUT2D eigenvalue weighted by molar-refractivity contribution is 7.95. The van der Waals surface area contributed by atoms with Crippen molar-refractivity contribution in [2.24, 2.45) is 0 Å². The third kappa shape index (κ3) is 2.02. The van der Waals surface area contributed by atoms with Gasteiger partial charge in [0, 0.05) is 36.0 Å². The second-order valence-electron chi connectivity index (χ2n) is 5.87. The van der Waals surface area contributed by atoms with Crippen LogP contribution in [0.15, 0.2) is 40.2 Å². The Morgan fingerprint density at radius 1 is 1.26 bits per heavy atom. The fraction of sp³-hybridized carbons (Fsp3) is 0.312. The van der Waals surface area contributed by atoms with Gasteiger partial charge in [-0.15, -0.1) is 0 Å². The molecule has 1 aromatic rings. The number of dihydropyridines is 1. The standard InChI is InChI=1S/C16H13N3O3S/c17-8-9-3-5-18-12(7-9)15-14-10(1-2-13(14)20)19-11-4-6-23(21,22)16(11)15/h3,5,7,15,19H,1-2,4,6H2. The molecular weight excluding hydrogens is 314 g/mol. The van der Waals surface area contributed by atoms with Crippen LogP contribution in [-0.2, 0) is 14.6 Å². The van der Waals surface area contributed by atoms with E-state index >= 15 is 0 Å². The summed E-state index contributed by atoms with van der Waals surface area (Å²) in [5, 5.41) is 12.2. The zero-order valence-electron chi connectivity index (χ0n) is 12.2. The van der Waals surface area contributed by atoms with Crippen molar-refractivity contribution in [1.82, 2.24) is 10.3 Å². The molecule has 0 amide bonds. The van der Waals surface area contributed by atoms with Crippen LogP contribution in [0.4, 0.5) is 0 Å². The lowest BCUT2D eigenvalue weighted by molar-refractivity contribution is -0.115. The lowest BCUT2D eigenvalue weighted by atomic mass is 9.88. The van der Waals surface area contributed by atoms with Crippen molar-refractivity contribution in [3.8, 4) is 6.07 Å². The fourth-order valence-electron chi connectivity index (χ4n) is 3.55. The van der Waals surface area contributed by atoms with Gasteiger partial charge in [-0.05, 0) is 18.6 Å². The van der Waals surface area contributed by atoms with E-state index in [9.17, 15) is 13.2 Å². The van der Waals surface area contributed by atoms with Crippen molar-refractivity contribution in [3.63, 3.8) is 0 Å². The highest BCUT2D eigenvalue weighted by atomic mass is 32.2. The summed E-state index contributed by atoms with van der Waals surface area (Å²) in [5.74, 6) is -0.680. The number of ketones is 1. The van der Waals surface area contributed by atoms with Gasteiger partial charge in [-0.3, -0.25) is 9.78 Å². The molecule has 1 N–H and O–H groups in total. The van der Waals surface area contributed by atoms with Crippen LogP contribution in [0.25, 0.3) is 0 Å². The average molecular weight is 327 g/mol. The minimum Gasteiger partial charge on any atom is -0.361 e. The van der Waals surface area contributed by atoms with Gasteiger partial charge in [-0.1, -0.05) is 0 Å². The zero-order chi connectivity index (χ0) is 16.2. The summed E-state index contributed by atoms with van der Waals surface area (Å²) in [5.41, 5.74) is 2.83. The van der Waals surface area contributed by atoms with E-state index in [1.807, 2.05) is 6.07 Å². The summed E-state index contributed by atoms with van der Waals surface area (Å²) in [4.78, 5) is 16.9. The second kappa shape index (κ2) is 4.77. The zero-order valence-corrected chi connectivity index (χ0v) is 13.0. The number of Topliss-reactive ketones (excluding diaryl/α,β-unsaturated/α-hetero) is 1. The van der Waals surface area contributed by atoms with E-state index in [1.54, 1.807) is 12.1 Å². The summed E-state index contributed by atoms with van der Waals surface area (Å²) >= 11 is 0. The van der Waals surface area contributed by atoms with Crippen molar-refractivity contribution >= 4 is 15.6 Å². The monoisotopic (exact) mass is 327 g/mol. The maximum atomic E-state index is 12.5. The SMILES string of the molecule is N#Cc1ccnc(C2C3=C(CCC3=O)NC3=C2S(=O)(=O)CC3)c1. The molecule has 0 aromatic carbocycles. The Kier molecular flexibility index (Phi) is 2.93. The number of nitriles is 1. The number of hydrogen-bond acceptors (Lipinski definition) is 6. The molecule has 1 aliphatic carbocycles. The van der Waals surface area contributed by atoms with E-state index in [-0.39, 0.29) is 16.4 Å². The lowest BCUT2D eigenvalue weighted by Crippen LogP contribution is -2.26. The molecule has 2 aliphatic heterocycles. The molecule has 0 spiro atoms. The van der Waals surface area contributed by atoms with Crippen LogP contribution in [0.3, 0.4) is 0 Å². The van der Waals surface area contributed by atoms with E-state index in [0.29, 0.717) is 41.8 Å². The Bertz CT molecular complexity index is 951. The number of carbonyl (C=O) groups is 1. The van der Waals surface area contributed by atoms with Crippen LogP contribution in [0, 0.1) is 11.3 Å².